The van der Waals surface area contributed by atoms with Gasteiger partial charge < -0.3 is 5.73 Å². The van der Waals surface area contributed by atoms with Crippen molar-refractivity contribution in [2.75, 3.05) is 0 Å². The van der Waals surface area contributed by atoms with E-state index in [9.17, 15) is 17.6 Å². The molecule has 0 aromatic heterocycles. The molecule has 0 aliphatic rings. The lowest BCUT2D eigenvalue weighted by atomic mass is 10.0. The Kier molecular flexibility index (Phi) is 4.96. The Hall–Kier alpha value is -1.07. The maximum atomic E-state index is 13.1. The highest BCUT2D eigenvalue weighted by Gasteiger charge is 2.31. The molecule has 1 rings (SSSR count). The van der Waals surface area contributed by atoms with Gasteiger partial charge in [0.05, 0.1) is 11.6 Å². The third-order valence-electron chi connectivity index (χ3n) is 1.94. The van der Waals surface area contributed by atoms with Crippen molar-refractivity contribution in [3.05, 3.63) is 47.8 Å². The maximum absolute atomic E-state index is 13.1. The van der Waals surface area contributed by atoms with Crippen LogP contribution in [0.1, 0.15) is 17.2 Å². The van der Waals surface area contributed by atoms with Crippen molar-refractivity contribution in [3.8, 4) is 0 Å². The first-order chi connectivity index (χ1) is 6.86. The molecule has 0 unspecified atom stereocenters. The summed E-state index contributed by atoms with van der Waals surface area (Å²) in [5, 5.41) is 0. The lowest BCUT2D eigenvalue weighted by molar-refractivity contribution is -0.137. The fourth-order valence-electron chi connectivity index (χ4n) is 1.10. The monoisotopic (exact) mass is 255 g/mol. The Labute approximate surface area is 96.4 Å². The predicted octanol–water partition coefficient (Wildman–Crippen LogP) is 3.45. The molecular formula is C10H10ClF4N. The number of alkyl halides is 3. The molecule has 16 heavy (non-hydrogen) atoms. The molecular weight excluding hydrogens is 246 g/mol. The molecule has 2 N–H and O–H groups in total. The van der Waals surface area contributed by atoms with E-state index in [0.29, 0.717) is 12.1 Å². The van der Waals surface area contributed by atoms with Gasteiger partial charge in [-0.2, -0.15) is 13.2 Å². The van der Waals surface area contributed by atoms with Crippen LogP contribution < -0.4 is 5.73 Å². The van der Waals surface area contributed by atoms with E-state index in [-0.39, 0.29) is 18.0 Å². The molecule has 90 valence electrons. The van der Waals surface area contributed by atoms with Gasteiger partial charge in [0.1, 0.15) is 5.82 Å². The Morgan fingerprint density at radius 3 is 2.31 bits per heavy atom. The Bertz CT molecular complexity index is 376. The molecule has 6 heteroatoms. The lowest BCUT2D eigenvalue weighted by Crippen LogP contribution is -2.12. The molecule has 0 heterocycles. The number of halogens is 5. The van der Waals surface area contributed by atoms with Gasteiger partial charge in [0, 0.05) is 5.56 Å². The van der Waals surface area contributed by atoms with Crippen LogP contribution in [0.5, 0.6) is 0 Å². The van der Waals surface area contributed by atoms with Crippen molar-refractivity contribution < 1.29 is 17.6 Å². The molecule has 1 atom stereocenters. The summed E-state index contributed by atoms with van der Waals surface area (Å²) in [6, 6.07) is 1.19. The van der Waals surface area contributed by atoms with Crippen LogP contribution in [0.2, 0.25) is 0 Å². The molecule has 0 fully saturated rings. The fourth-order valence-corrected chi connectivity index (χ4v) is 1.10. The third kappa shape index (κ3) is 3.21. The molecule has 0 saturated carbocycles. The first-order valence-electron chi connectivity index (χ1n) is 4.11. The molecule has 0 bridgehead atoms. The van der Waals surface area contributed by atoms with Crippen LogP contribution in [0.25, 0.3) is 0 Å². The minimum absolute atomic E-state index is 0. The molecule has 0 amide bonds. The first kappa shape index (κ1) is 14.9. The zero-order valence-corrected chi connectivity index (χ0v) is 8.91. The van der Waals surface area contributed by atoms with E-state index < -0.39 is 23.6 Å². The Morgan fingerprint density at radius 1 is 1.31 bits per heavy atom. The van der Waals surface area contributed by atoms with Crippen LogP contribution >= 0.6 is 12.4 Å². The van der Waals surface area contributed by atoms with E-state index in [4.69, 9.17) is 5.73 Å². The Morgan fingerprint density at radius 2 is 1.88 bits per heavy atom. The van der Waals surface area contributed by atoms with Crippen molar-refractivity contribution in [2.24, 2.45) is 5.73 Å². The van der Waals surface area contributed by atoms with Gasteiger partial charge in [0.2, 0.25) is 0 Å². The number of nitrogens with two attached hydrogens (primary N) is 1. The zero-order valence-electron chi connectivity index (χ0n) is 8.09. The van der Waals surface area contributed by atoms with Crippen LogP contribution in [0.3, 0.4) is 0 Å². The van der Waals surface area contributed by atoms with Gasteiger partial charge in [-0.15, -0.1) is 19.0 Å². The van der Waals surface area contributed by atoms with Crippen molar-refractivity contribution in [1.29, 1.82) is 0 Å². The normalized spacial score (nSPS) is 12.8. The third-order valence-corrected chi connectivity index (χ3v) is 1.94. The standard InChI is InChI=1S/C10H9F4N.ClH/c1-2-9(15)7-5-6(10(12,13)14)3-4-8(7)11;/h2-5,9H,1,15H2;1H/t9-;/m1./s1. The molecule has 1 aromatic carbocycles. The second kappa shape index (κ2) is 5.32. The lowest BCUT2D eigenvalue weighted by Gasteiger charge is -2.12. The SMILES string of the molecule is C=C[C@@H](N)c1cc(C(F)(F)F)ccc1F.Cl. The van der Waals surface area contributed by atoms with Crippen LogP contribution in [-0.2, 0) is 6.18 Å². The summed E-state index contributed by atoms with van der Waals surface area (Å²) in [4.78, 5) is 0. The summed E-state index contributed by atoms with van der Waals surface area (Å²) < 4.78 is 49.9. The van der Waals surface area contributed by atoms with Crippen LogP contribution in [0, 0.1) is 5.82 Å². The van der Waals surface area contributed by atoms with Gasteiger partial charge in [-0.1, -0.05) is 6.08 Å². The van der Waals surface area contributed by atoms with Crippen LogP contribution in [0.15, 0.2) is 30.9 Å². The largest absolute Gasteiger partial charge is 0.416 e. The highest BCUT2D eigenvalue weighted by molar-refractivity contribution is 5.85. The minimum Gasteiger partial charge on any atom is -0.321 e. The molecule has 0 radical (unpaired) electrons. The van der Waals surface area contributed by atoms with E-state index in [1.165, 1.54) is 6.08 Å². The van der Waals surface area contributed by atoms with Gasteiger partial charge >= 0.3 is 6.18 Å². The summed E-state index contributed by atoms with van der Waals surface area (Å²) in [6.45, 7) is 3.30. The van der Waals surface area contributed by atoms with E-state index in [0.717, 1.165) is 6.07 Å². The average Bonchev–Trinajstić information content (AvgIpc) is 2.15. The molecule has 1 nitrogen and oxygen atoms in total. The fraction of sp³-hybridized carbons (Fsp3) is 0.200. The number of rotatable bonds is 2. The van der Waals surface area contributed by atoms with E-state index >= 15 is 0 Å². The topological polar surface area (TPSA) is 26.0 Å². The highest BCUT2D eigenvalue weighted by atomic mass is 35.5. The van der Waals surface area contributed by atoms with Crippen molar-refractivity contribution in [1.82, 2.24) is 0 Å². The highest BCUT2D eigenvalue weighted by Crippen LogP contribution is 2.31. The summed E-state index contributed by atoms with van der Waals surface area (Å²) in [5.41, 5.74) is 4.25. The van der Waals surface area contributed by atoms with Gasteiger partial charge in [0.25, 0.3) is 0 Å². The zero-order chi connectivity index (χ0) is 11.6. The summed E-state index contributed by atoms with van der Waals surface area (Å²) in [6.07, 6.45) is -3.32. The summed E-state index contributed by atoms with van der Waals surface area (Å²) in [7, 11) is 0. The second-order valence-corrected chi connectivity index (χ2v) is 3.00. The maximum Gasteiger partial charge on any atom is 0.416 e. The van der Waals surface area contributed by atoms with Gasteiger partial charge in [0.15, 0.2) is 0 Å². The smallest absolute Gasteiger partial charge is 0.321 e. The average molecular weight is 256 g/mol. The van der Waals surface area contributed by atoms with Crippen molar-refractivity contribution in [3.63, 3.8) is 0 Å². The first-order valence-corrected chi connectivity index (χ1v) is 4.11. The van der Waals surface area contributed by atoms with Gasteiger partial charge in [-0.05, 0) is 18.2 Å². The van der Waals surface area contributed by atoms with Crippen molar-refractivity contribution in [2.45, 2.75) is 12.2 Å². The van der Waals surface area contributed by atoms with E-state index in [2.05, 4.69) is 6.58 Å². The second-order valence-electron chi connectivity index (χ2n) is 3.00. The minimum atomic E-state index is -4.50. The van der Waals surface area contributed by atoms with E-state index in [1.807, 2.05) is 0 Å². The number of hydrogen-bond donors (Lipinski definition) is 1. The molecule has 0 spiro atoms. The van der Waals surface area contributed by atoms with Crippen LogP contribution in [-0.4, -0.2) is 0 Å². The summed E-state index contributed by atoms with van der Waals surface area (Å²) in [5.74, 6) is -0.768. The van der Waals surface area contributed by atoms with Crippen LogP contribution in [0.4, 0.5) is 17.6 Å². The van der Waals surface area contributed by atoms with Gasteiger partial charge in [-0.3, -0.25) is 0 Å². The molecule has 0 aliphatic carbocycles. The Balaban J connectivity index is 0.00000225. The molecule has 0 saturated heterocycles. The van der Waals surface area contributed by atoms with Gasteiger partial charge in [-0.25, -0.2) is 4.39 Å². The molecule has 1 aromatic rings. The number of benzene rings is 1. The quantitative estimate of drug-likeness (QED) is 0.636. The van der Waals surface area contributed by atoms with E-state index in [1.54, 1.807) is 0 Å². The van der Waals surface area contributed by atoms with Crippen molar-refractivity contribution >= 4 is 12.4 Å². The molecule has 0 aliphatic heterocycles. The summed E-state index contributed by atoms with van der Waals surface area (Å²) >= 11 is 0. The predicted molar refractivity (Wildman–Crippen MR) is 55.8 cm³/mol. The number of hydrogen-bond acceptors (Lipinski definition) is 1.